The molecule has 1 aliphatic rings. The lowest BCUT2D eigenvalue weighted by molar-refractivity contribution is -0.122. The van der Waals surface area contributed by atoms with E-state index in [1.807, 2.05) is 18.2 Å². The highest BCUT2D eigenvalue weighted by atomic mass is 35.5. The van der Waals surface area contributed by atoms with Crippen LogP contribution in [0.3, 0.4) is 0 Å². The summed E-state index contributed by atoms with van der Waals surface area (Å²) >= 11 is 0. The van der Waals surface area contributed by atoms with Crippen molar-refractivity contribution in [1.82, 2.24) is 10.6 Å². The Kier molecular flexibility index (Phi) is 7.63. The molecule has 0 aromatic heterocycles. The first-order chi connectivity index (χ1) is 9.28. The molecule has 4 heteroatoms. The molecule has 0 spiro atoms. The second-order valence-electron chi connectivity index (χ2n) is 5.36. The van der Waals surface area contributed by atoms with Gasteiger partial charge in [0.15, 0.2) is 0 Å². The Morgan fingerprint density at radius 2 is 2.15 bits per heavy atom. The molecule has 1 amide bonds. The molecule has 1 heterocycles. The van der Waals surface area contributed by atoms with Crippen molar-refractivity contribution in [2.24, 2.45) is 0 Å². The van der Waals surface area contributed by atoms with E-state index in [2.05, 4.69) is 29.7 Å². The van der Waals surface area contributed by atoms with Crippen LogP contribution in [-0.4, -0.2) is 24.5 Å². The summed E-state index contributed by atoms with van der Waals surface area (Å²) in [6, 6.07) is 11.0. The first kappa shape index (κ1) is 17.0. The summed E-state index contributed by atoms with van der Waals surface area (Å²) in [4.78, 5) is 12.0. The fraction of sp³-hybridized carbons (Fsp3) is 0.562. The average molecular weight is 297 g/mol. The molecule has 2 unspecified atom stereocenters. The number of halogens is 1. The minimum absolute atomic E-state index is 0. The molecule has 2 atom stereocenters. The highest BCUT2D eigenvalue weighted by Crippen LogP contribution is 2.10. The van der Waals surface area contributed by atoms with Gasteiger partial charge in [-0.25, -0.2) is 0 Å². The van der Waals surface area contributed by atoms with Crippen LogP contribution in [0.4, 0.5) is 0 Å². The van der Waals surface area contributed by atoms with Gasteiger partial charge in [-0.3, -0.25) is 4.79 Å². The van der Waals surface area contributed by atoms with Crippen molar-refractivity contribution in [3.63, 3.8) is 0 Å². The quantitative estimate of drug-likeness (QED) is 0.847. The van der Waals surface area contributed by atoms with E-state index < -0.39 is 0 Å². The molecule has 0 bridgehead atoms. The number of hydrogen-bond donors (Lipinski definition) is 2. The van der Waals surface area contributed by atoms with E-state index in [-0.39, 0.29) is 24.4 Å². The standard InChI is InChI=1S/C16H24N2O.ClH/c1-2-14(11-13-7-4-3-5-8-13)18-16(19)12-15-9-6-10-17-15;/h3-5,7-8,14-15,17H,2,6,9-12H2,1H3,(H,18,19);1H. The van der Waals surface area contributed by atoms with E-state index in [0.29, 0.717) is 12.5 Å². The van der Waals surface area contributed by atoms with Gasteiger partial charge in [0.05, 0.1) is 0 Å². The van der Waals surface area contributed by atoms with E-state index in [1.165, 1.54) is 12.0 Å². The predicted molar refractivity (Wildman–Crippen MR) is 85.3 cm³/mol. The Labute approximate surface area is 127 Å². The Hall–Kier alpha value is -1.06. The molecular formula is C16H25ClN2O. The molecule has 1 aromatic carbocycles. The Morgan fingerprint density at radius 1 is 1.40 bits per heavy atom. The fourth-order valence-electron chi connectivity index (χ4n) is 2.64. The Morgan fingerprint density at radius 3 is 2.75 bits per heavy atom. The predicted octanol–water partition coefficient (Wildman–Crippen LogP) is 2.69. The second-order valence-corrected chi connectivity index (χ2v) is 5.36. The zero-order valence-corrected chi connectivity index (χ0v) is 12.9. The third kappa shape index (κ3) is 5.51. The number of hydrogen-bond acceptors (Lipinski definition) is 2. The van der Waals surface area contributed by atoms with Gasteiger partial charge in [-0.1, -0.05) is 37.3 Å². The minimum atomic E-state index is 0. The molecule has 1 aliphatic heterocycles. The lowest BCUT2D eigenvalue weighted by atomic mass is 10.0. The number of benzene rings is 1. The van der Waals surface area contributed by atoms with Gasteiger partial charge >= 0.3 is 0 Å². The van der Waals surface area contributed by atoms with Crippen LogP contribution in [0, 0.1) is 0 Å². The van der Waals surface area contributed by atoms with E-state index >= 15 is 0 Å². The van der Waals surface area contributed by atoms with Gasteiger partial charge in [-0.2, -0.15) is 0 Å². The van der Waals surface area contributed by atoms with E-state index in [4.69, 9.17) is 0 Å². The van der Waals surface area contributed by atoms with Crippen LogP contribution in [0.15, 0.2) is 30.3 Å². The number of amides is 1. The van der Waals surface area contributed by atoms with Crippen molar-refractivity contribution in [3.05, 3.63) is 35.9 Å². The summed E-state index contributed by atoms with van der Waals surface area (Å²) in [7, 11) is 0. The van der Waals surface area contributed by atoms with Gasteiger partial charge in [0.25, 0.3) is 0 Å². The highest BCUT2D eigenvalue weighted by Gasteiger charge is 2.19. The Bertz CT molecular complexity index is 391. The SMILES string of the molecule is CCC(Cc1ccccc1)NC(=O)CC1CCCN1.Cl. The first-order valence-corrected chi connectivity index (χ1v) is 7.34. The van der Waals surface area contributed by atoms with E-state index in [0.717, 1.165) is 25.8 Å². The maximum absolute atomic E-state index is 12.0. The lowest BCUT2D eigenvalue weighted by Crippen LogP contribution is -2.39. The average Bonchev–Trinajstić information content (AvgIpc) is 2.92. The number of carbonyl (C=O) groups is 1. The van der Waals surface area contributed by atoms with Crippen LogP contribution in [0.25, 0.3) is 0 Å². The summed E-state index contributed by atoms with van der Waals surface area (Å²) in [5.41, 5.74) is 1.29. The maximum atomic E-state index is 12.0. The smallest absolute Gasteiger partial charge is 0.221 e. The summed E-state index contributed by atoms with van der Waals surface area (Å²) in [5, 5.41) is 6.53. The molecule has 3 nitrogen and oxygen atoms in total. The van der Waals surface area contributed by atoms with Crippen molar-refractivity contribution in [2.75, 3.05) is 6.54 Å². The van der Waals surface area contributed by atoms with Gasteiger partial charge in [-0.05, 0) is 37.8 Å². The molecule has 0 radical (unpaired) electrons. The van der Waals surface area contributed by atoms with Crippen molar-refractivity contribution in [1.29, 1.82) is 0 Å². The number of nitrogens with one attached hydrogen (secondary N) is 2. The van der Waals surface area contributed by atoms with Gasteiger partial charge < -0.3 is 10.6 Å². The third-order valence-corrected chi connectivity index (χ3v) is 3.78. The van der Waals surface area contributed by atoms with Crippen LogP contribution in [-0.2, 0) is 11.2 Å². The fourth-order valence-corrected chi connectivity index (χ4v) is 2.64. The van der Waals surface area contributed by atoms with E-state index in [1.54, 1.807) is 0 Å². The Balaban J connectivity index is 0.00000200. The highest BCUT2D eigenvalue weighted by molar-refractivity contribution is 5.85. The largest absolute Gasteiger partial charge is 0.353 e. The van der Waals surface area contributed by atoms with Crippen molar-refractivity contribution >= 4 is 18.3 Å². The third-order valence-electron chi connectivity index (χ3n) is 3.78. The molecule has 112 valence electrons. The monoisotopic (exact) mass is 296 g/mol. The van der Waals surface area contributed by atoms with Crippen molar-refractivity contribution < 1.29 is 4.79 Å². The van der Waals surface area contributed by atoms with Gasteiger partial charge in [-0.15, -0.1) is 12.4 Å². The summed E-state index contributed by atoms with van der Waals surface area (Å²) < 4.78 is 0. The molecule has 0 saturated carbocycles. The van der Waals surface area contributed by atoms with Crippen LogP contribution < -0.4 is 10.6 Å². The zero-order chi connectivity index (χ0) is 13.5. The molecule has 1 fully saturated rings. The van der Waals surface area contributed by atoms with Crippen LogP contribution in [0.2, 0.25) is 0 Å². The maximum Gasteiger partial charge on any atom is 0.221 e. The summed E-state index contributed by atoms with van der Waals surface area (Å²) in [6.07, 6.45) is 4.83. The number of carbonyl (C=O) groups excluding carboxylic acids is 1. The molecule has 1 aromatic rings. The topological polar surface area (TPSA) is 41.1 Å². The van der Waals surface area contributed by atoms with Crippen molar-refractivity contribution in [2.45, 2.75) is 51.1 Å². The van der Waals surface area contributed by atoms with Gasteiger partial charge in [0.2, 0.25) is 5.91 Å². The normalized spacial score (nSPS) is 19.1. The summed E-state index contributed by atoms with van der Waals surface area (Å²) in [5.74, 6) is 0.183. The molecule has 2 N–H and O–H groups in total. The van der Waals surface area contributed by atoms with Crippen LogP contribution in [0.1, 0.15) is 38.2 Å². The molecule has 20 heavy (non-hydrogen) atoms. The summed E-state index contributed by atoms with van der Waals surface area (Å²) in [6.45, 7) is 3.18. The second kappa shape index (κ2) is 8.98. The molecule has 2 rings (SSSR count). The molecule has 1 saturated heterocycles. The zero-order valence-electron chi connectivity index (χ0n) is 12.1. The number of rotatable bonds is 6. The minimum Gasteiger partial charge on any atom is -0.353 e. The van der Waals surface area contributed by atoms with Gasteiger partial charge in [0.1, 0.15) is 0 Å². The van der Waals surface area contributed by atoms with Crippen LogP contribution in [0.5, 0.6) is 0 Å². The van der Waals surface area contributed by atoms with Crippen LogP contribution >= 0.6 is 12.4 Å². The lowest BCUT2D eigenvalue weighted by Gasteiger charge is -2.18. The molecular weight excluding hydrogens is 272 g/mol. The molecule has 0 aliphatic carbocycles. The first-order valence-electron chi connectivity index (χ1n) is 7.34. The van der Waals surface area contributed by atoms with E-state index in [9.17, 15) is 4.79 Å². The van der Waals surface area contributed by atoms with Crippen molar-refractivity contribution in [3.8, 4) is 0 Å². The van der Waals surface area contributed by atoms with Gasteiger partial charge in [0, 0.05) is 18.5 Å².